The molecule has 1 aromatic carbocycles. The highest BCUT2D eigenvalue weighted by Crippen LogP contribution is 2.15. The molecule has 0 N–H and O–H groups in total. The van der Waals surface area contributed by atoms with E-state index in [0.29, 0.717) is 11.4 Å². The van der Waals surface area contributed by atoms with Gasteiger partial charge in [-0.2, -0.15) is 0 Å². The zero-order valence-electron chi connectivity index (χ0n) is 9.40. The third-order valence-electron chi connectivity index (χ3n) is 2.46. The number of rotatable bonds is 4. The van der Waals surface area contributed by atoms with E-state index in [4.69, 9.17) is 0 Å². The number of sulfonamides is 1. The fourth-order valence-corrected chi connectivity index (χ4v) is 2.53. The molecule has 0 heterocycles. The van der Waals surface area contributed by atoms with Crippen LogP contribution in [0.25, 0.3) is 0 Å². The molecule has 0 aliphatic heterocycles. The molecular weight excluding hydrogens is 210 g/mol. The summed E-state index contributed by atoms with van der Waals surface area (Å²) in [4.78, 5) is 0.381. The van der Waals surface area contributed by atoms with E-state index in [0.717, 1.165) is 12.0 Å². The van der Waals surface area contributed by atoms with Crippen molar-refractivity contribution in [2.24, 2.45) is 0 Å². The first-order chi connectivity index (χ1) is 7.02. The summed E-state index contributed by atoms with van der Waals surface area (Å²) in [5.41, 5.74) is 1.04. The summed E-state index contributed by atoms with van der Waals surface area (Å²) >= 11 is 0. The van der Waals surface area contributed by atoms with Gasteiger partial charge in [-0.3, -0.25) is 0 Å². The molecule has 0 aromatic heterocycles. The monoisotopic (exact) mass is 227 g/mol. The summed E-state index contributed by atoms with van der Waals surface area (Å²) in [6, 6.07) is 7.10. The molecule has 0 amide bonds. The van der Waals surface area contributed by atoms with Gasteiger partial charge in [-0.15, -0.1) is 0 Å². The number of hydrogen-bond acceptors (Lipinski definition) is 2. The van der Waals surface area contributed by atoms with Crippen molar-refractivity contribution in [3.05, 3.63) is 29.8 Å². The quantitative estimate of drug-likeness (QED) is 0.787. The Morgan fingerprint density at radius 2 is 1.93 bits per heavy atom. The van der Waals surface area contributed by atoms with Gasteiger partial charge in [0.2, 0.25) is 10.0 Å². The molecule has 4 heteroatoms. The largest absolute Gasteiger partial charge is 0.242 e. The Hall–Kier alpha value is -0.870. The number of hydrogen-bond donors (Lipinski definition) is 0. The van der Waals surface area contributed by atoms with E-state index in [2.05, 4.69) is 0 Å². The van der Waals surface area contributed by atoms with Gasteiger partial charge in [-0.25, -0.2) is 12.7 Å². The van der Waals surface area contributed by atoms with Gasteiger partial charge < -0.3 is 0 Å². The summed E-state index contributed by atoms with van der Waals surface area (Å²) in [7, 11) is -1.70. The Kier molecular flexibility index (Phi) is 3.88. The van der Waals surface area contributed by atoms with E-state index in [1.165, 1.54) is 4.31 Å². The molecule has 0 radical (unpaired) electrons. The normalized spacial score (nSPS) is 12.0. The lowest BCUT2D eigenvalue weighted by Gasteiger charge is -2.15. The van der Waals surface area contributed by atoms with Gasteiger partial charge >= 0.3 is 0 Å². The van der Waals surface area contributed by atoms with Crippen molar-refractivity contribution in [2.45, 2.75) is 25.2 Å². The minimum atomic E-state index is -3.29. The highest BCUT2D eigenvalue weighted by molar-refractivity contribution is 7.89. The van der Waals surface area contributed by atoms with Crippen molar-refractivity contribution in [2.75, 3.05) is 13.6 Å². The second kappa shape index (κ2) is 4.77. The minimum Gasteiger partial charge on any atom is -0.207 e. The standard InChI is InChI=1S/C11H17NO2S/c1-4-10-7-6-8-11(9-10)15(13,14)12(3)5-2/h6-9H,4-5H2,1-3H3. The molecule has 84 valence electrons. The van der Waals surface area contributed by atoms with Crippen LogP contribution in [0.2, 0.25) is 0 Å². The van der Waals surface area contributed by atoms with Crippen LogP contribution >= 0.6 is 0 Å². The van der Waals surface area contributed by atoms with Gasteiger partial charge in [0.1, 0.15) is 0 Å². The first-order valence-electron chi connectivity index (χ1n) is 5.07. The van der Waals surface area contributed by atoms with E-state index >= 15 is 0 Å². The lowest BCUT2D eigenvalue weighted by Crippen LogP contribution is -2.26. The minimum absolute atomic E-state index is 0.381. The Morgan fingerprint density at radius 3 is 2.47 bits per heavy atom. The van der Waals surface area contributed by atoms with Crippen molar-refractivity contribution < 1.29 is 8.42 Å². The van der Waals surface area contributed by atoms with Crippen LogP contribution in [0, 0.1) is 0 Å². The average molecular weight is 227 g/mol. The van der Waals surface area contributed by atoms with Crippen LogP contribution in [-0.2, 0) is 16.4 Å². The van der Waals surface area contributed by atoms with Crippen LogP contribution < -0.4 is 0 Å². The topological polar surface area (TPSA) is 37.4 Å². The second-order valence-electron chi connectivity index (χ2n) is 3.42. The predicted molar refractivity (Wildman–Crippen MR) is 61.3 cm³/mol. The molecule has 0 saturated carbocycles. The van der Waals surface area contributed by atoms with Crippen LogP contribution in [0.3, 0.4) is 0 Å². The maximum absolute atomic E-state index is 12.0. The van der Waals surface area contributed by atoms with Gasteiger partial charge in [-0.05, 0) is 24.1 Å². The summed E-state index contributed by atoms with van der Waals surface area (Å²) in [5.74, 6) is 0. The van der Waals surface area contributed by atoms with E-state index in [9.17, 15) is 8.42 Å². The molecular formula is C11H17NO2S. The molecule has 0 unspecified atom stereocenters. The van der Waals surface area contributed by atoms with Gasteiger partial charge in [0.05, 0.1) is 4.90 Å². The molecule has 0 bridgehead atoms. The molecule has 0 spiro atoms. The van der Waals surface area contributed by atoms with Crippen molar-refractivity contribution in [3.8, 4) is 0 Å². The average Bonchev–Trinajstić information content (AvgIpc) is 2.27. The van der Waals surface area contributed by atoms with Crippen molar-refractivity contribution in [3.63, 3.8) is 0 Å². The third-order valence-corrected chi connectivity index (χ3v) is 4.39. The first-order valence-corrected chi connectivity index (χ1v) is 6.51. The smallest absolute Gasteiger partial charge is 0.207 e. The summed E-state index contributed by atoms with van der Waals surface area (Å²) in [6.45, 7) is 4.31. The molecule has 0 atom stereocenters. The molecule has 15 heavy (non-hydrogen) atoms. The van der Waals surface area contributed by atoms with E-state index < -0.39 is 10.0 Å². The Bertz CT molecular complexity index is 426. The molecule has 1 rings (SSSR count). The van der Waals surface area contributed by atoms with Gasteiger partial charge in [-0.1, -0.05) is 26.0 Å². The molecule has 3 nitrogen and oxygen atoms in total. The van der Waals surface area contributed by atoms with Gasteiger partial charge in [0, 0.05) is 13.6 Å². The second-order valence-corrected chi connectivity index (χ2v) is 5.47. The molecule has 0 saturated heterocycles. The zero-order valence-corrected chi connectivity index (χ0v) is 10.2. The highest BCUT2D eigenvalue weighted by atomic mass is 32.2. The molecule has 1 aromatic rings. The Balaban J connectivity index is 3.16. The highest BCUT2D eigenvalue weighted by Gasteiger charge is 2.18. The fourth-order valence-electron chi connectivity index (χ4n) is 1.28. The predicted octanol–water partition coefficient (Wildman–Crippen LogP) is 1.89. The van der Waals surface area contributed by atoms with Crippen molar-refractivity contribution in [1.29, 1.82) is 0 Å². The number of benzene rings is 1. The van der Waals surface area contributed by atoms with Crippen LogP contribution in [0.15, 0.2) is 29.2 Å². The van der Waals surface area contributed by atoms with Crippen LogP contribution in [-0.4, -0.2) is 26.3 Å². The maximum atomic E-state index is 12.0. The number of aryl methyl sites for hydroxylation is 1. The summed E-state index contributed by atoms with van der Waals surface area (Å²) in [5, 5.41) is 0. The van der Waals surface area contributed by atoms with Gasteiger partial charge in [0.25, 0.3) is 0 Å². The van der Waals surface area contributed by atoms with E-state index in [1.807, 2.05) is 19.9 Å². The third kappa shape index (κ3) is 2.58. The molecule has 0 fully saturated rings. The zero-order chi connectivity index (χ0) is 11.5. The summed E-state index contributed by atoms with van der Waals surface area (Å²) < 4.78 is 25.3. The molecule has 0 aliphatic rings. The van der Waals surface area contributed by atoms with Crippen LogP contribution in [0.5, 0.6) is 0 Å². The molecule has 0 aliphatic carbocycles. The van der Waals surface area contributed by atoms with Gasteiger partial charge in [0.15, 0.2) is 0 Å². The van der Waals surface area contributed by atoms with Crippen LogP contribution in [0.1, 0.15) is 19.4 Å². The van der Waals surface area contributed by atoms with Crippen molar-refractivity contribution in [1.82, 2.24) is 4.31 Å². The Morgan fingerprint density at radius 1 is 1.27 bits per heavy atom. The lowest BCUT2D eigenvalue weighted by atomic mass is 10.2. The van der Waals surface area contributed by atoms with Crippen LogP contribution in [0.4, 0.5) is 0 Å². The summed E-state index contributed by atoms with van der Waals surface area (Å²) in [6.07, 6.45) is 0.846. The maximum Gasteiger partial charge on any atom is 0.242 e. The Labute approximate surface area is 91.8 Å². The fraction of sp³-hybridized carbons (Fsp3) is 0.455. The van der Waals surface area contributed by atoms with E-state index in [1.54, 1.807) is 25.2 Å². The SMILES string of the molecule is CCc1cccc(S(=O)(=O)N(C)CC)c1. The number of nitrogens with zero attached hydrogens (tertiary/aromatic N) is 1. The van der Waals surface area contributed by atoms with E-state index in [-0.39, 0.29) is 0 Å². The lowest BCUT2D eigenvalue weighted by molar-refractivity contribution is 0.486. The first kappa shape index (κ1) is 12.2. The van der Waals surface area contributed by atoms with Crippen molar-refractivity contribution >= 4 is 10.0 Å².